The number of aromatic hydroxyl groups is 2. The molecule has 3 heteroatoms. The minimum absolute atomic E-state index is 0. The van der Waals surface area contributed by atoms with Crippen molar-refractivity contribution < 1.29 is 27.3 Å². The maximum absolute atomic E-state index is 9.79. The van der Waals surface area contributed by atoms with E-state index < -0.39 is 0 Å². The summed E-state index contributed by atoms with van der Waals surface area (Å²) in [4.78, 5) is 0. The van der Waals surface area contributed by atoms with E-state index >= 15 is 0 Å². The Morgan fingerprint density at radius 3 is 1.62 bits per heavy atom. The van der Waals surface area contributed by atoms with Crippen molar-refractivity contribution in [1.82, 2.24) is 0 Å². The third-order valence-electron chi connectivity index (χ3n) is 6.78. The number of benzene rings is 2. The first kappa shape index (κ1) is 22.0. The molecule has 2 fully saturated rings. The molecular formula is C26H32FeO2. The molecule has 0 saturated heterocycles. The quantitative estimate of drug-likeness (QED) is 0.480. The van der Waals surface area contributed by atoms with E-state index in [1.807, 2.05) is 24.3 Å². The average Bonchev–Trinajstić information content (AvgIpc) is 3.41. The van der Waals surface area contributed by atoms with Crippen LogP contribution < -0.4 is 0 Å². The van der Waals surface area contributed by atoms with Gasteiger partial charge in [-0.3, -0.25) is 0 Å². The summed E-state index contributed by atoms with van der Waals surface area (Å²) < 4.78 is 0. The molecule has 0 aromatic heterocycles. The van der Waals surface area contributed by atoms with Crippen molar-refractivity contribution in [3.05, 3.63) is 65.2 Å². The van der Waals surface area contributed by atoms with Gasteiger partial charge in [-0.1, -0.05) is 68.4 Å². The SMILES string of the molecule is Oc1ccc(C(=C(CCC2CCCC2)C2CCCC2)c2ccc(O)cc2)cc1.[Fe]. The number of rotatable bonds is 6. The van der Waals surface area contributed by atoms with Crippen LogP contribution in [0.3, 0.4) is 0 Å². The molecule has 0 aliphatic heterocycles. The molecule has 2 N–H and O–H groups in total. The van der Waals surface area contributed by atoms with Crippen LogP contribution in [0.1, 0.15) is 75.3 Å². The summed E-state index contributed by atoms with van der Waals surface area (Å²) in [6.45, 7) is 0. The minimum atomic E-state index is 0. The molecule has 2 nitrogen and oxygen atoms in total. The smallest absolute Gasteiger partial charge is 0.115 e. The first-order chi connectivity index (χ1) is 13.7. The predicted octanol–water partition coefficient (Wildman–Crippen LogP) is 7.06. The molecule has 2 aromatic rings. The molecule has 2 aliphatic rings. The van der Waals surface area contributed by atoms with Gasteiger partial charge in [-0.2, -0.15) is 0 Å². The summed E-state index contributed by atoms with van der Waals surface area (Å²) >= 11 is 0. The fraction of sp³-hybridized carbons (Fsp3) is 0.462. The van der Waals surface area contributed by atoms with Gasteiger partial charge in [0.2, 0.25) is 0 Å². The van der Waals surface area contributed by atoms with Crippen LogP contribution >= 0.6 is 0 Å². The first-order valence-electron chi connectivity index (χ1n) is 11.0. The maximum atomic E-state index is 9.79. The second kappa shape index (κ2) is 10.4. The number of allylic oxidation sites excluding steroid dienone is 1. The standard InChI is InChI=1S/C26H32O2.Fe/c27-23-14-10-21(11-15-23)26(22-12-16-24(28)17-13-22)25(20-7-3-4-8-20)18-9-19-5-1-2-6-19;/h10-17,19-20,27-28H,1-9,18H2;. The topological polar surface area (TPSA) is 40.5 Å². The van der Waals surface area contributed by atoms with Crippen molar-refractivity contribution in [3.8, 4) is 11.5 Å². The molecule has 0 spiro atoms. The Morgan fingerprint density at radius 2 is 1.14 bits per heavy atom. The summed E-state index contributed by atoms with van der Waals surface area (Å²) in [7, 11) is 0. The van der Waals surface area contributed by atoms with Gasteiger partial charge < -0.3 is 10.2 Å². The second-order valence-corrected chi connectivity index (χ2v) is 8.66. The van der Waals surface area contributed by atoms with E-state index in [0.29, 0.717) is 17.4 Å². The normalized spacial score (nSPS) is 17.2. The molecular weight excluding hydrogens is 400 g/mol. The Labute approximate surface area is 185 Å². The van der Waals surface area contributed by atoms with Gasteiger partial charge in [0, 0.05) is 17.1 Å². The third-order valence-corrected chi connectivity index (χ3v) is 6.78. The number of hydrogen-bond donors (Lipinski definition) is 2. The Morgan fingerprint density at radius 1 is 0.690 bits per heavy atom. The Balaban J connectivity index is 0.00000240. The van der Waals surface area contributed by atoms with Crippen LogP contribution in [-0.4, -0.2) is 10.2 Å². The van der Waals surface area contributed by atoms with Crippen molar-refractivity contribution in [2.45, 2.75) is 64.2 Å². The van der Waals surface area contributed by atoms with Gasteiger partial charge >= 0.3 is 0 Å². The Kier molecular flexibility index (Phi) is 7.86. The second-order valence-electron chi connectivity index (χ2n) is 8.66. The van der Waals surface area contributed by atoms with Gasteiger partial charge in [0.15, 0.2) is 0 Å². The molecule has 29 heavy (non-hydrogen) atoms. The molecule has 0 heterocycles. The van der Waals surface area contributed by atoms with E-state index in [1.165, 1.54) is 80.9 Å². The van der Waals surface area contributed by atoms with Gasteiger partial charge in [0.05, 0.1) is 0 Å². The summed E-state index contributed by atoms with van der Waals surface area (Å²) in [6.07, 6.45) is 13.3. The van der Waals surface area contributed by atoms with Crippen LogP contribution in [0.5, 0.6) is 11.5 Å². The zero-order chi connectivity index (χ0) is 19.3. The summed E-state index contributed by atoms with van der Waals surface area (Å²) in [5.41, 5.74) is 5.28. The Bertz CT molecular complexity index is 748. The van der Waals surface area contributed by atoms with Crippen molar-refractivity contribution in [3.63, 3.8) is 0 Å². The zero-order valence-corrected chi connectivity index (χ0v) is 18.2. The van der Waals surface area contributed by atoms with E-state index in [4.69, 9.17) is 0 Å². The first-order valence-corrected chi connectivity index (χ1v) is 11.0. The predicted molar refractivity (Wildman–Crippen MR) is 115 cm³/mol. The van der Waals surface area contributed by atoms with Crippen LogP contribution in [0.4, 0.5) is 0 Å². The van der Waals surface area contributed by atoms with Crippen molar-refractivity contribution in [2.24, 2.45) is 11.8 Å². The van der Waals surface area contributed by atoms with E-state index in [2.05, 4.69) is 0 Å². The summed E-state index contributed by atoms with van der Waals surface area (Å²) in [5.74, 6) is 2.17. The van der Waals surface area contributed by atoms with E-state index in [9.17, 15) is 10.2 Å². The van der Waals surface area contributed by atoms with Crippen LogP contribution in [0, 0.1) is 11.8 Å². The summed E-state index contributed by atoms with van der Waals surface area (Å²) in [5, 5.41) is 19.6. The number of phenolic OH excluding ortho intramolecular Hbond substituents is 2. The van der Waals surface area contributed by atoms with Gasteiger partial charge in [-0.05, 0) is 78.5 Å². The molecule has 0 atom stereocenters. The van der Waals surface area contributed by atoms with Crippen LogP contribution in [0.25, 0.3) is 5.57 Å². The molecule has 2 aliphatic carbocycles. The van der Waals surface area contributed by atoms with E-state index in [0.717, 1.165) is 5.92 Å². The molecule has 0 amide bonds. The molecule has 2 saturated carbocycles. The number of hydrogen-bond acceptors (Lipinski definition) is 2. The molecule has 4 rings (SSSR count). The van der Waals surface area contributed by atoms with Crippen molar-refractivity contribution in [1.29, 1.82) is 0 Å². The molecule has 0 radical (unpaired) electrons. The fourth-order valence-corrected chi connectivity index (χ4v) is 5.26. The molecule has 0 bridgehead atoms. The largest absolute Gasteiger partial charge is 0.508 e. The third kappa shape index (κ3) is 5.47. The van der Waals surface area contributed by atoms with Gasteiger partial charge in [-0.15, -0.1) is 0 Å². The average molecular weight is 432 g/mol. The van der Waals surface area contributed by atoms with Crippen LogP contribution in [-0.2, 0) is 17.1 Å². The van der Waals surface area contributed by atoms with E-state index in [-0.39, 0.29) is 17.1 Å². The van der Waals surface area contributed by atoms with Crippen molar-refractivity contribution in [2.75, 3.05) is 0 Å². The van der Waals surface area contributed by atoms with Gasteiger partial charge in [0.1, 0.15) is 11.5 Å². The van der Waals surface area contributed by atoms with Crippen molar-refractivity contribution >= 4 is 5.57 Å². The van der Waals surface area contributed by atoms with E-state index in [1.54, 1.807) is 29.8 Å². The summed E-state index contributed by atoms with van der Waals surface area (Å²) in [6, 6.07) is 15.3. The Hall–Kier alpha value is -1.70. The van der Waals surface area contributed by atoms with Gasteiger partial charge in [-0.25, -0.2) is 0 Å². The monoisotopic (exact) mass is 432 g/mol. The molecule has 2 aromatic carbocycles. The minimum Gasteiger partial charge on any atom is -0.508 e. The maximum Gasteiger partial charge on any atom is 0.115 e. The fourth-order valence-electron chi connectivity index (χ4n) is 5.26. The van der Waals surface area contributed by atoms with Crippen LogP contribution in [0.15, 0.2) is 54.1 Å². The molecule has 156 valence electrons. The van der Waals surface area contributed by atoms with Crippen LogP contribution in [0.2, 0.25) is 0 Å². The van der Waals surface area contributed by atoms with Gasteiger partial charge in [0.25, 0.3) is 0 Å². The zero-order valence-electron chi connectivity index (χ0n) is 17.1. The number of phenols is 2. The molecule has 0 unspecified atom stereocenters.